The van der Waals surface area contributed by atoms with Crippen molar-refractivity contribution >= 4 is 17.6 Å². The van der Waals surface area contributed by atoms with Gasteiger partial charge in [0.15, 0.2) is 5.92 Å². The van der Waals surface area contributed by atoms with Gasteiger partial charge in [-0.05, 0) is 12.1 Å². The highest BCUT2D eigenvalue weighted by Gasteiger charge is 2.27. The molecular formula is C11H6ClFN2O2. The Morgan fingerprint density at radius 2 is 2.18 bits per heavy atom. The van der Waals surface area contributed by atoms with Crippen molar-refractivity contribution in [3.05, 3.63) is 34.1 Å². The zero-order valence-corrected chi connectivity index (χ0v) is 9.45. The minimum Gasteiger partial charge on any atom is -0.468 e. The highest BCUT2D eigenvalue weighted by Crippen LogP contribution is 2.27. The Bertz CT molecular complexity index is 546. The summed E-state index contributed by atoms with van der Waals surface area (Å²) in [5.41, 5.74) is -0.474. The molecule has 0 radical (unpaired) electrons. The molecule has 0 N–H and O–H groups in total. The SMILES string of the molecule is COC(=O)C(C#N)c1c(F)cc(Cl)cc1C#N. The second-order valence-corrected chi connectivity index (χ2v) is 3.48. The molecule has 0 amide bonds. The topological polar surface area (TPSA) is 73.9 Å². The van der Waals surface area contributed by atoms with E-state index in [2.05, 4.69) is 4.74 Å². The summed E-state index contributed by atoms with van der Waals surface area (Å²) in [6, 6.07) is 5.41. The van der Waals surface area contributed by atoms with E-state index in [0.29, 0.717) is 0 Å². The van der Waals surface area contributed by atoms with Crippen LogP contribution in [0.1, 0.15) is 17.0 Å². The number of nitrogens with zero attached hydrogens (tertiary/aromatic N) is 2. The normalized spacial score (nSPS) is 11.1. The van der Waals surface area contributed by atoms with Gasteiger partial charge in [-0.1, -0.05) is 11.6 Å². The fourth-order valence-corrected chi connectivity index (χ4v) is 1.53. The first-order valence-electron chi connectivity index (χ1n) is 4.41. The first-order chi connectivity index (χ1) is 8.04. The summed E-state index contributed by atoms with van der Waals surface area (Å²) < 4.78 is 18.0. The van der Waals surface area contributed by atoms with Crippen LogP contribution in [0.15, 0.2) is 12.1 Å². The van der Waals surface area contributed by atoms with Crippen LogP contribution in [0.4, 0.5) is 4.39 Å². The monoisotopic (exact) mass is 252 g/mol. The molecule has 1 unspecified atom stereocenters. The lowest BCUT2D eigenvalue weighted by Gasteiger charge is -2.10. The second-order valence-electron chi connectivity index (χ2n) is 3.05. The third-order valence-corrected chi connectivity index (χ3v) is 2.29. The number of methoxy groups -OCH3 is 1. The standard InChI is InChI=1S/C11H6ClFN2O2/c1-17-11(16)8(5-15)10-6(4-14)2-7(12)3-9(10)13/h2-3,8H,1H3. The Morgan fingerprint density at radius 3 is 2.65 bits per heavy atom. The van der Waals surface area contributed by atoms with Gasteiger partial charge in [0.1, 0.15) is 5.82 Å². The van der Waals surface area contributed by atoms with E-state index in [-0.39, 0.29) is 16.1 Å². The first kappa shape index (κ1) is 13.0. The smallest absolute Gasteiger partial charge is 0.327 e. The molecule has 0 saturated carbocycles. The molecule has 4 nitrogen and oxygen atoms in total. The molecule has 0 fully saturated rings. The molecule has 0 saturated heterocycles. The van der Waals surface area contributed by atoms with E-state index in [0.717, 1.165) is 13.2 Å². The number of hydrogen-bond acceptors (Lipinski definition) is 4. The summed E-state index contributed by atoms with van der Waals surface area (Å²) >= 11 is 5.57. The van der Waals surface area contributed by atoms with E-state index >= 15 is 0 Å². The molecule has 0 bridgehead atoms. The minimum atomic E-state index is -1.48. The van der Waals surface area contributed by atoms with E-state index in [1.165, 1.54) is 6.07 Å². The Balaban J connectivity index is 3.45. The molecule has 0 aliphatic carbocycles. The number of benzene rings is 1. The number of ether oxygens (including phenoxy) is 1. The summed E-state index contributed by atoms with van der Waals surface area (Å²) in [7, 11) is 1.08. The van der Waals surface area contributed by atoms with E-state index in [1.807, 2.05) is 0 Å². The number of carbonyl (C=O) groups excluding carboxylic acids is 1. The molecule has 1 rings (SSSR count). The van der Waals surface area contributed by atoms with Crippen LogP contribution in [0.5, 0.6) is 0 Å². The number of esters is 1. The van der Waals surface area contributed by atoms with Crippen molar-refractivity contribution in [2.24, 2.45) is 0 Å². The van der Waals surface area contributed by atoms with Gasteiger partial charge in [-0.2, -0.15) is 10.5 Å². The van der Waals surface area contributed by atoms with Gasteiger partial charge in [0.05, 0.1) is 24.8 Å². The van der Waals surface area contributed by atoms with Crippen molar-refractivity contribution in [2.75, 3.05) is 7.11 Å². The van der Waals surface area contributed by atoms with Gasteiger partial charge in [-0.15, -0.1) is 0 Å². The highest BCUT2D eigenvalue weighted by molar-refractivity contribution is 6.30. The van der Waals surface area contributed by atoms with Crippen molar-refractivity contribution in [1.82, 2.24) is 0 Å². The van der Waals surface area contributed by atoms with Crippen LogP contribution in [-0.2, 0) is 9.53 Å². The lowest BCUT2D eigenvalue weighted by molar-refractivity contribution is -0.141. The third kappa shape index (κ3) is 2.52. The van der Waals surface area contributed by atoms with Crippen LogP contribution < -0.4 is 0 Å². The minimum absolute atomic E-state index is 0.0179. The Hall–Kier alpha value is -2.11. The van der Waals surface area contributed by atoms with Gasteiger partial charge in [0.2, 0.25) is 0 Å². The molecule has 17 heavy (non-hydrogen) atoms. The molecule has 86 valence electrons. The predicted octanol–water partition coefficient (Wildman–Crippen LogP) is 2.13. The fraction of sp³-hybridized carbons (Fsp3) is 0.182. The maximum Gasteiger partial charge on any atom is 0.327 e. The quantitative estimate of drug-likeness (QED) is 0.756. The summed E-state index contributed by atoms with van der Waals surface area (Å²) in [5.74, 6) is -3.29. The van der Waals surface area contributed by atoms with Gasteiger partial charge in [0.25, 0.3) is 0 Å². The lowest BCUT2D eigenvalue weighted by Crippen LogP contribution is -2.15. The van der Waals surface area contributed by atoms with E-state index in [4.69, 9.17) is 22.1 Å². The Kier molecular flexibility index (Phi) is 4.03. The van der Waals surface area contributed by atoms with Crippen molar-refractivity contribution in [3.63, 3.8) is 0 Å². The Labute approximate surface area is 102 Å². The van der Waals surface area contributed by atoms with E-state index in [1.54, 1.807) is 12.1 Å². The molecule has 1 aromatic rings. The first-order valence-corrected chi connectivity index (χ1v) is 4.79. The molecule has 0 spiro atoms. The van der Waals surface area contributed by atoms with Crippen molar-refractivity contribution in [2.45, 2.75) is 5.92 Å². The summed E-state index contributed by atoms with van der Waals surface area (Å²) in [6.45, 7) is 0. The summed E-state index contributed by atoms with van der Waals surface area (Å²) in [5, 5.41) is 17.7. The summed E-state index contributed by atoms with van der Waals surface area (Å²) in [4.78, 5) is 11.3. The molecule has 0 heterocycles. The molecule has 6 heteroatoms. The van der Waals surface area contributed by atoms with Crippen LogP contribution in [0.3, 0.4) is 0 Å². The van der Waals surface area contributed by atoms with Gasteiger partial charge in [-0.3, -0.25) is 4.79 Å². The van der Waals surface area contributed by atoms with E-state index < -0.39 is 17.7 Å². The number of rotatable bonds is 2. The van der Waals surface area contributed by atoms with Crippen LogP contribution >= 0.6 is 11.6 Å². The molecular weight excluding hydrogens is 247 g/mol. The van der Waals surface area contributed by atoms with Crippen molar-refractivity contribution in [3.8, 4) is 12.1 Å². The molecule has 0 aliphatic heterocycles. The maximum absolute atomic E-state index is 13.6. The molecule has 0 aromatic heterocycles. The van der Waals surface area contributed by atoms with Gasteiger partial charge in [-0.25, -0.2) is 4.39 Å². The van der Waals surface area contributed by atoms with Crippen LogP contribution in [0.2, 0.25) is 5.02 Å². The lowest BCUT2D eigenvalue weighted by atomic mass is 9.95. The predicted molar refractivity (Wildman–Crippen MR) is 56.5 cm³/mol. The molecule has 0 aliphatic rings. The van der Waals surface area contributed by atoms with Gasteiger partial charge in [0, 0.05) is 10.6 Å². The number of hydrogen-bond donors (Lipinski definition) is 0. The molecule has 1 aromatic carbocycles. The average Bonchev–Trinajstić information content (AvgIpc) is 2.31. The van der Waals surface area contributed by atoms with Crippen LogP contribution in [0.25, 0.3) is 0 Å². The number of halogens is 2. The zero-order valence-electron chi connectivity index (χ0n) is 8.70. The maximum atomic E-state index is 13.6. The average molecular weight is 253 g/mol. The molecule has 1 atom stereocenters. The summed E-state index contributed by atoms with van der Waals surface area (Å²) in [6.07, 6.45) is 0. The van der Waals surface area contributed by atoms with E-state index in [9.17, 15) is 9.18 Å². The highest BCUT2D eigenvalue weighted by atomic mass is 35.5. The fourth-order valence-electron chi connectivity index (χ4n) is 1.32. The number of carbonyl (C=O) groups is 1. The Morgan fingerprint density at radius 1 is 1.53 bits per heavy atom. The third-order valence-electron chi connectivity index (χ3n) is 2.07. The second kappa shape index (κ2) is 5.29. The van der Waals surface area contributed by atoms with Gasteiger partial charge < -0.3 is 4.74 Å². The van der Waals surface area contributed by atoms with Crippen LogP contribution in [0, 0.1) is 28.5 Å². The zero-order chi connectivity index (χ0) is 13.0. The van der Waals surface area contributed by atoms with Crippen LogP contribution in [-0.4, -0.2) is 13.1 Å². The van der Waals surface area contributed by atoms with Gasteiger partial charge >= 0.3 is 5.97 Å². The number of nitriles is 2. The van der Waals surface area contributed by atoms with Crippen molar-refractivity contribution in [1.29, 1.82) is 10.5 Å². The largest absolute Gasteiger partial charge is 0.468 e. The van der Waals surface area contributed by atoms with Crippen molar-refractivity contribution < 1.29 is 13.9 Å².